The lowest BCUT2D eigenvalue weighted by atomic mass is 9.95. The van der Waals surface area contributed by atoms with Gasteiger partial charge in [0.2, 0.25) is 0 Å². The maximum absolute atomic E-state index is 11.1. The molecule has 0 radical (unpaired) electrons. The predicted octanol–water partition coefficient (Wildman–Crippen LogP) is 3.54. The molecule has 36 heavy (non-hydrogen) atoms. The fraction of sp³-hybridized carbons (Fsp3) is 0.538. The number of hydrogen-bond donors (Lipinski definition) is 3. The van der Waals surface area contributed by atoms with Crippen LogP contribution in [0.15, 0.2) is 30.1 Å². The average Bonchev–Trinajstić information content (AvgIpc) is 2.87. The van der Waals surface area contributed by atoms with Crippen LogP contribution in [0.25, 0.3) is 5.70 Å². The summed E-state index contributed by atoms with van der Waals surface area (Å²) in [7, 11) is 1.69. The molecule has 10 heteroatoms. The molecule has 0 saturated carbocycles. The number of ether oxygens (including phenoxy) is 2. The molecular formula is C26H38N6O4. The lowest BCUT2D eigenvalue weighted by Crippen LogP contribution is -2.31. The minimum Gasteiger partial charge on any atom is -0.481 e. The number of aryl methyl sites for hydroxylation is 1. The van der Waals surface area contributed by atoms with E-state index in [1.54, 1.807) is 13.2 Å². The SMILES string of the molecule is CCc1nc(/C(N)=C(\COc2nccc(C(C)CC)n2)N(C)N)ccc1C1CCCC(CC(=O)O)O1. The molecule has 3 rings (SSSR count). The van der Waals surface area contributed by atoms with Crippen LogP contribution in [0.1, 0.15) is 87.5 Å². The first-order valence-corrected chi connectivity index (χ1v) is 12.5. The number of aromatic nitrogens is 3. The first kappa shape index (κ1) is 27.3. The van der Waals surface area contributed by atoms with E-state index in [2.05, 4.69) is 23.8 Å². The van der Waals surface area contributed by atoms with Gasteiger partial charge in [0.15, 0.2) is 0 Å². The van der Waals surface area contributed by atoms with E-state index in [4.69, 9.17) is 31.1 Å². The molecule has 10 nitrogen and oxygen atoms in total. The maximum atomic E-state index is 11.1. The van der Waals surface area contributed by atoms with Crippen LogP contribution in [0.2, 0.25) is 0 Å². The first-order chi connectivity index (χ1) is 17.2. The summed E-state index contributed by atoms with van der Waals surface area (Å²) in [4.78, 5) is 24.7. The Morgan fingerprint density at radius 1 is 1.28 bits per heavy atom. The summed E-state index contributed by atoms with van der Waals surface area (Å²) in [5.41, 5.74) is 10.8. The summed E-state index contributed by atoms with van der Waals surface area (Å²) < 4.78 is 12.0. The van der Waals surface area contributed by atoms with E-state index >= 15 is 0 Å². The van der Waals surface area contributed by atoms with E-state index in [9.17, 15) is 4.79 Å². The molecule has 3 unspecified atom stereocenters. The van der Waals surface area contributed by atoms with Crippen LogP contribution < -0.4 is 16.3 Å². The highest BCUT2D eigenvalue weighted by Crippen LogP contribution is 2.34. The molecule has 5 N–H and O–H groups in total. The van der Waals surface area contributed by atoms with Gasteiger partial charge in [-0.25, -0.2) is 10.8 Å². The molecule has 0 bridgehead atoms. The fourth-order valence-corrected chi connectivity index (χ4v) is 4.27. The van der Waals surface area contributed by atoms with Gasteiger partial charge in [-0.15, -0.1) is 0 Å². The third-order valence-corrected chi connectivity index (χ3v) is 6.57. The summed E-state index contributed by atoms with van der Waals surface area (Å²) >= 11 is 0. The van der Waals surface area contributed by atoms with Crippen molar-refractivity contribution < 1.29 is 19.4 Å². The number of hydrogen-bond acceptors (Lipinski definition) is 9. The molecule has 1 aliphatic rings. The summed E-state index contributed by atoms with van der Waals surface area (Å²) in [6.45, 7) is 6.31. The van der Waals surface area contributed by atoms with Crippen LogP contribution in [0.5, 0.6) is 6.01 Å². The van der Waals surface area contributed by atoms with Crippen LogP contribution in [-0.2, 0) is 16.0 Å². The van der Waals surface area contributed by atoms with Crippen molar-refractivity contribution in [2.45, 2.75) is 77.4 Å². The van der Waals surface area contributed by atoms with Gasteiger partial charge in [-0.2, -0.15) is 4.98 Å². The molecule has 196 valence electrons. The first-order valence-electron chi connectivity index (χ1n) is 12.5. The lowest BCUT2D eigenvalue weighted by Gasteiger charge is -2.30. The predicted molar refractivity (Wildman–Crippen MR) is 137 cm³/mol. The minimum atomic E-state index is -0.847. The summed E-state index contributed by atoms with van der Waals surface area (Å²) in [5.74, 6) is 5.54. The zero-order valence-electron chi connectivity index (χ0n) is 21.6. The van der Waals surface area contributed by atoms with Crippen LogP contribution in [0.4, 0.5) is 0 Å². The number of carboxylic acids is 1. The molecule has 0 aromatic carbocycles. The van der Waals surface area contributed by atoms with Crippen molar-refractivity contribution in [3.05, 3.63) is 52.7 Å². The Bertz CT molecular complexity index is 1070. The van der Waals surface area contributed by atoms with Crippen molar-refractivity contribution in [2.24, 2.45) is 11.6 Å². The Labute approximate surface area is 212 Å². The van der Waals surface area contributed by atoms with E-state index in [0.29, 0.717) is 29.4 Å². The highest BCUT2D eigenvalue weighted by Gasteiger charge is 2.27. The van der Waals surface area contributed by atoms with Crippen LogP contribution in [-0.4, -0.2) is 50.8 Å². The minimum absolute atomic E-state index is 0.00926. The normalized spacial score (nSPS) is 19.4. The van der Waals surface area contributed by atoms with Gasteiger partial charge in [-0.05, 0) is 50.2 Å². The van der Waals surface area contributed by atoms with Crippen molar-refractivity contribution in [3.8, 4) is 6.01 Å². The second-order valence-corrected chi connectivity index (χ2v) is 9.19. The number of hydrazine groups is 1. The van der Waals surface area contributed by atoms with Gasteiger partial charge in [0, 0.05) is 24.5 Å². The Hall–Kier alpha value is -3.24. The van der Waals surface area contributed by atoms with Gasteiger partial charge in [0.1, 0.15) is 6.61 Å². The summed E-state index contributed by atoms with van der Waals surface area (Å²) in [6.07, 6.45) is 5.37. The standard InChI is InChI=1S/C26H38N6O4/c1-5-16(3)20-12-13-29-26(31-20)35-15-22(32(4)28)25(27)21-11-10-18(19(6-2)30-21)23-9-7-8-17(36-23)14-24(33)34/h10-13,16-17,23H,5-9,14-15,27-28H2,1-4H3,(H,33,34)/b25-22-. The molecule has 2 aromatic heterocycles. The van der Waals surface area contributed by atoms with Gasteiger partial charge in [-0.3, -0.25) is 9.78 Å². The van der Waals surface area contributed by atoms with Crippen molar-refractivity contribution in [3.63, 3.8) is 0 Å². The van der Waals surface area contributed by atoms with Gasteiger partial charge < -0.3 is 25.3 Å². The number of likely N-dealkylation sites (N-methyl/N-ethyl adjacent to an activating group) is 1. The Kier molecular flexibility index (Phi) is 9.60. The highest BCUT2D eigenvalue weighted by atomic mass is 16.5. The highest BCUT2D eigenvalue weighted by molar-refractivity contribution is 5.67. The van der Waals surface area contributed by atoms with Crippen LogP contribution in [0.3, 0.4) is 0 Å². The van der Waals surface area contributed by atoms with Gasteiger partial charge >= 0.3 is 12.0 Å². The Balaban J connectivity index is 1.82. The van der Waals surface area contributed by atoms with Gasteiger partial charge in [0.25, 0.3) is 0 Å². The molecule has 2 aromatic rings. The number of aliphatic carboxylic acids is 1. The second-order valence-electron chi connectivity index (χ2n) is 9.19. The number of rotatable bonds is 11. The topological polar surface area (TPSA) is 150 Å². The zero-order chi connectivity index (χ0) is 26.2. The van der Waals surface area contributed by atoms with Gasteiger partial charge in [-0.1, -0.05) is 26.8 Å². The van der Waals surface area contributed by atoms with Crippen LogP contribution in [0, 0.1) is 0 Å². The average molecular weight is 499 g/mol. The molecular weight excluding hydrogens is 460 g/mol. The number of carbonyl (C=O) groups is 1. The number of carboxylic acid groups (broad SMARTS) is 1. The van der Waals surface area contributed by atoms with Crippen molar-refractivity contribution in [1.82, 2.24) is 20.0 Å². The van der Waals surface area contributed by atoms with Crippen molar-refractivity contribution >= 4 is 11.7 Å². The fourth-order valence-electron chi connectivity index (χ4n) is 4.27. The van der Waals surface area contributed by atoms with Gasteiger partial charge in [0.05, 0.1) is 41.4 Å². The molecule has 0 aliphatic carbocycles. The van der Waals surface area contributed by atoms with E-state index in [1.165, 1.54) is 5.01 Å². The Morgan fingerprint density at radius 3 is 2.72 bits per heavy atom. The van der Waals surface area contributed by atoms with Crippen molar-refractivity contribution in [1.29, 1.82) is 0 Å². The van der Waals surface area contributed by atoms with E-state index in [1.807, 2.05) is 25.1 Å². The third kappa shape index (κ3) is 6.92. The molecule has 1 aliphatic heterocycles. The largest absolute Gasteiger partial charge is 0.481 e. The quantitative estimate of drug-likeness (QED) is 0.310. The monoisotopic (exact) mass is 498 g/mol. The molecule has 0 spiro atoms. The smallest absolute Gasteiger partial charge is 0.316 e. The number of nitrogens with zero attached hydrogens (tertiary/aromatic N) is 4. The zero-order valence-corrected chi connectivity index (χ0v) is 21.6. The summed E-state index contributed by atoms with van der Waals surface area (Å²) in [5, 5.41) is 10.6. The number of pyridine rings is 1. The number of nitrogens with two attached hydrogens (primary N) is 2. The van der Waals surface area contributed by atoms with E-state index in [-0.39, 0.29) is 31.2 Å². The Morgan fingerprint density at radius 2 is 2.06 bits per heavy atom. The van der Waals surface area contributed by atoms with E-state index < -0.39 is 5.97 Å². The lowest BCUT2D eigenvalue weighted by molar-refractivity contribution is -0.143. The molecule has 0 amide bonds. The molecule has 3 atom stereocenters. The van der Waals surface area contributed by atoms with E-state index in [0.717, 1.165) is 42.6 Å². The molecule has 3 heterocycles. The molecule has 1 saturated heterocycles. The van der Waals surface area contributed by atoms with Crippen LogP contribution >= 0.6 is 0 Å². The molecule has 1 fully saturated rings. The third-order valence-electron chi connectivity index (χ3n) is 6.57. The second kappa shape index (κ2) is 12.6. The summed E-state index contributed by atoms with van der Waals surface area (Å²) in [6, 6.07) is 5.97. The van der Waals surface area contributed by atoms with Crippen molar-refractivity contribution in [2.75, 3.05) is 13.7 Å². The maximum Gasteiger partial charge on any atom is 0.316 e.